The third-order valence-electron chi connectivity index (χ3n) is 6.47. The average Bonchev–Trinajstić information content (AvgIpc) is 3.59. The van der Waals surface area contributed by atoms with Crippen LogP contribution in [0.5, 0.6) is 0 Å². The molecule has 1 aliphatic carbocycles. The maximum Gasteiger partial charge on any atom is 0.154 e. The number of pyridine rings is 1. The van der Waals surface area contributed by atoms with Crippen LogP contribution in [0.3, 0.4) is 0 Å². The Kier molecular flexibility index (Phi) is 4.65. The van der Waals surface area contributed by atoms with E-state index in [0.717, 1.165) is 81.9 Å². The van der Waals surface area contributed by atoms with Crippen molar-refractivity contribution in [3.8, 4) is 0 Å². The first-order chi connectivity index (χ1) is 14.8. The van der Waals surface area contributed by atoms with E-state index in [-0.39, 0.29) is 0 Å². The fraction of sp³-hybridized carbons (Fsp3) is 0.522. The van der Waals surface area contributed by atoms with Crippen molar-refractivity contribution in [1.29, 1.82) is 0 Å². The number of anilines is 1. The van der Waals surface area contributed by atoms with E-state index in [0.29, 0.717) is 5.92 Å². The van der Waals surface area contributed by atoms with Crippen molar-refractivity contribution < 1.29 is 4.74 Å². The molecule has 156 valence electrons. The molecule has 0 atom stereocenters. The van der Waals surface area contributed by atoms with E-state index in [2.05, 4.69) is 44.8 Å². The van der Waals surface area contributed by atoms with Crippen molar-refractivity contribution in [1.82, 2.24) is 24.6 Å². The number of morpholine rings is 1. The average molecular weight is 405 g/mol. The molecule has 1 saturated heterocycles. The van der Waals surface area contributed by atoms with E-state index in [1.165, 1.54) is 23.8 Å². The SMILES string of the molecule is c1ccc2nc(N3CCOCC3)c(CN3CCc4nc(C5CC5)nn4CC3)cc2c1. The van der Waals surface area contributed by atoms with Crippen molar-refractivity contribution in [2.75, 3.05) is 44.3 Å². The minimum atomic E-state index is 0.625. The van der Waals surface area contributed by atoms with Gasteiger partial charge in [0.05, 0.1) is 25.3 Å². The van der Waals surface area contributed by atoms with E-state index < -0.39 is 0 Å². The highest BCUT2D eigenvalue weighted by Crippen LogP contribution is 2.38. The van der Waals surface area contributed by atoms with Gasteiger partial charge in [0.1, 0.15) is 11.6 Å². The molecule has 2 aliphatic heterocycles. The first-order valence-electron chi connectivity index (χ1n) is 11.2. The van der Waals surface area contributed by atoms with E-state index in [4.69, 9.17) is 19.8 Å². The van der Waals surface area contributed by atoms with E-state index in [1.54, 1.807) is 0 Å². The number of para-hydroxylation sites is 1. The smallest absolute Gasteiger partial charge is 0.154 e. The molecule has 1 aromatic carbocycles. The van der Waals surface area contributed by atoms with Gasteiger partial charge >= 0.3 is 0 Å². The van der Waals surface area contributed by atoms with Crippen LogP contribution in [0.1, 0.15) is 36.0 Å². The summed E-state index contributed by atoms with van der Waals surface area (Å²) in [6.07, 6.45) is 3.48. The lowest BCUT2D eigenvalue weighted by Gasteiger charge is -2.31. The second-order valence-electron chi connectivity index (χ2n) is 8.67. The van der Waals surface area contributed by atoms with Crippen LogP contribution in [0.2, 0.25) is 0 Å². The molecule has 7 nitrogen and oxygen atoms in total. The first-order valence-corrected chi connectivity index (χ1v) is 11.2. The summed E-state index contributed by atoms with van der Waals surface area (Å²) in [4.78, 5) is 14.8. The number of aromatic nitrogens is 4. The third kappa shape index (κ3) is 3.56. The summed E-state index contributed by atoms with van der Waals surface area (Å²) in [6, 6.07) is 10.8. The van der Waals surface area contributed by atoms with Crippen molar-refractivity contribution in [3.05, 3.63) is 47.5 Å². The molecule has 0 radical (unpaired) electrons. The number of rotatable bonds is 4. The molecular formula is C23H28N6O. The molecular weight excluding hydrogens is 376 g/mol. The van der Waals surface area contributed by atoms with Crippen LogP contribution in [-0.4, -0.2) is 64.0 Å². The van der Waals surface area contributed by atoms with Crippen molar-refractivity contribution in [2.45, 2.75) is 38.3 Å². The van der Waals surface area contributed by atoms with Gasteiger partial charge in [-0.3, -0.25) is 4.90 Å². The van der Waals surface area contributed by atoms with Gasteiger partial charge in [0.2, 0.25) is 0 Å². The van der Waals surface area contributed by atoms with Gasteiger partial charge in [-0.05, 0) is 25.0 Å². The highest BCUT2D eigenvalue weighted by atomic mass is 16.5. The Hall–Kier alpha value is -2.51. The predicted octanol–water partition coefficient (Wildman–Crippen LogP) is 2.60. The number of benzene rings is 1. The second-order valence-corrected chi connectivity index (χ2v) is 8.67. The number of hydrogen-bond donors (Lipinski definition) is 0. The summed E-state index contributed by atoms with van der Waals surface area (Å²) in [5, 5.41) is 6.00. The van der Waals surface area contributed by atoms with E-state index >= 15 is 0 Å². The van der Waals surface area contributed by atoms with Crippen LogP contribution >= 0.6 is 0 Å². The zero-order valence-corrected chi connectivity index (χ0v) is 17.3. The Morgan fingerprint density at radius 2 is 1.83 bits per heavy atom. The maximum atomic E-state index is 5.58. The summed E-state index contributed by atoms with van der Waals surface area (Å²) in [5.41, 5.74) is 2.37. The first kappa shape index (κ1) is 18.3. The maximum absolute atomic E-state index is 5.58. The van der Waals surface area contributed by atoms with Crippen molar-refractivity contribution in [3.63, 3.8) is 0 Å². The van der Waals surface area contributed by atoms with Crippen LogP contribution in [0.4, 0.5) is 5.82 Å². The van der Waals surface area contributed by atoms with Gasteiger partial charge in [-0.2, -0.15) is 5.10 Å². The molecule has 7 heteroatoms. The standard InChI is InChI=1S/C23H28N6O/c1-2-4-20-18(3-1)15-19(23(24-20)28-11-13-30-14-12-28)16-27-8-7-21-25-22(17-5-6-17)26-29(21)10-9-27/h1-4,15,17H,5-14,16H2. The molecule has 0 N–H and O–H groups in total. The molecule has 1 saturated carbocycles. The summed E-state index contributed by atoms with van der Waals surface area (Å²) >= 11 is 0. The lowest BCUT2D eigenvalue weighted by molar-refractivity contribution is 0.122. The highest BCUT2D eigenvalue weighted by Gasteiger charge is 2.30. The molecule has 3 aliphatic rings. The molecule has 30 heavy (non-hydrogen) atoms. The molecule has 0 spiro atoms. The number of nitrogens with zero attached hydrogens (tertiary/aromatic N) is 6. The van der Waals surface area contributed by atoms with E-state index in [9.17, 15) is 0 Å². The second kappa shape index (κ2) is 7.63. The monoisotopic (exact) mass is 404 g/mol. The molecule has 3 aromatic rings. The fourth-order valence-electron chi connectivity index (χ4n) is 4.59. The van der Waals surface area contributed by atoms with Crippen molar-refractivity contribution >= 4 is 16.7 Å². The minimum absolute atomic E-state index is 0.625. The lowest BCUT2D eigenvalue weighted by atomic mass is 10.1. The van der Waals surface area contributed by atoms with Crippen LogP contribution in [0, 0.1) is 0 Å². The van der Waals surface area contributed by atoms with Gasteiger partial charge in [0, 0.05) is 56.0 Å². The Morgan fingerprint density at radius 1 is 0.967 bits per heavy atom. The van der Waals surface area contributed by atoms with Crippen LogP contribution in [0.25, 0.3) is 10.9 Å². The lowest BCUT2D eigenvalue weighted by Crippen LogP contribution is -2.38. The predicted molar refractivity (Wildman–Crippen MR) is 116 cm³/mol. The van der Waals surface area contributed by atoms with Crippen LogP contribution < -0.4 is 4.90 Å². The van der Waals surface area contributed by atoms with Gasteiger partial charge in [-0.15, -0.1) is 0 Å². The summed E-state index contributed by atoms with van der Waals surface area (Å²) in [6.45, 7) is 7.19. The van der Waals surface area contributed by atoms with Crippen LogP contribution in [0.15, 0.2) is 30.3 Å². The van der Waals surface area contributed by atoms with Crippen molar-refractivity contribution in [2.24, 2.45) is 0 Å². The molecule has 0 unspecified atom stereocenters. The molecule has 2 aromatic heterocycles. The number of hydrogen-bond acceptors (Lipinski definition) is 6. The molecule has 0 bridgehead atoms. The van der Waals surface area contributed by atoms with Gasteiger partial charge < -0.3 is 9.64 Å². The topological polar surface area (TPSA) is 59.3 Å². The number of ether oxygens (including phenoxy) is 1. The zero-order valence-electron chi connectivity index (χ0n) is 17.3. The van der Waals surface area contributed by atoms with Gasteiger partial charge in [-0.1, -0.05) is 18.2 Å². The summed E-state index contributed by atoms with van der Waals surface area (Å²) in [5.74, 6) is 3.98. The Morgan fingerprint density at radius 3 is 2.70 bits per heavy atom. The quantitative estimate of drug-likeness (QED) is 0.666. The Balaban J connectivity index is 1.25. The molecule has 2 fully saturated rings. The fourth-order valence-corrected chi connectivity index (χ4v) is 4.59. The Bertz CT molecular complexity index is 1030. The molecule has 4 heterocycles. The van der Waals surface area contributed by atoms with Gasteiger partial charge in [-0.25, -0.2) is 14.6 Å². The number of fused-ring (bicyclic) bond motifs is 2. The zero-order chi connectivity index (χ0) is 19.9. The third-order valence-corrected chi connectivity index (χ3v) is 6.47. The Labute approximate surface area is 176 Å². The summed E-state index contributed by atoms with van der Waals surface area (Å²) in [7, 11) is 0. The molecule has 0 amide bonds. The molecule has 6 rings (SSSR count). The summed E-state index contributed by atoms with van der Waals surface area (Å²) < 4.78 is 7.72. The minimum Gasteiger partial charge on any atom is -0.378 e. The highest BCUT2D eigenvalue weighted by molar-refractivity contribution is 5.81. The van der Waals surface area contributed by atoms with E-state index in [1.807, 2.05) is 0 Å². The van der Waals surface area contributed by atoms with Gasteiger partial charge in [0.15, 0.2) is 5.82 Å². The normalized spacial score (nSPS) is 20.3. The van der Waals surface area contributed by atoms with Crippen LogP contribution in [-0.2, 0) is 24.2 Å². The largest absolute Gasteiger partial charge is 0.378 e. The van der Waals surface area contributed by atoms with Gasteiger partial charge in [0.25, 0.3) is 0 Å².